The van der Waals surface area contributed by atoms with Gasteiger partial charge in [-0.05, 0) is 67.8 Å². The van der Waals surface area contributed by atoms with Crippen LogP contribution in [-0.2, 0) is 5.41 Å². The van der Waals surface area contributed by atoms with E-state index in [4.69, 9.17) is 0 Å². The topological polar surface area (TPSA) is 0 Å². The molecule has 2 aliphatic rings. The van der Waals surface area contributed by atoms with Crippen LogP contribution in [0.5, 0.6) is 0 Å². The smallest absolute Gasteiger partial charge is 0.0619 e. The summed E-state index contributed by atoms with van der Waals surface area (Å²) in [6.45, 7) is 2.25. The Bertz CT molecular complexity index is 1500. The summed E-state index contributed by atoms with van der Waals surface area (Å²) in [7, 11) is 0. The van der Waals surface area contributed by atoms with Crippen molar-refractivity contribution in [2.24, 2.45) is 0 Å². The average molecular weight is 380 g/mol. The molecule has 30 heavy (non-hydrogen) atoms. The Morgan fingerprint density at radius 3 is 1.87 bits per heavy atom. The Hall–Kier alpha value is -3.64. The second-order valence-corrected chi connectivity index (χ2v) is 8.55. The summed E-state index contributed by atoms with van der Waals surface area (Å²) in [5.74, 6) is 0. The highest BCUT2D eigenvalue weighted by molar-refractivity contribution is 6.06. The molecule has 0 radical (unpaired) electrons. The zero-order chi connectivity index (χ0) is 19.9. The summed E-state index contributed by atoms with van der Waals surface area (Å²) in [6.07, 6.45) is 0. The fraction of sp³-hybridized carbons (Fsp3) is 0.0667. The maximum absolute atomic E-state index is 2.38. The SMILES string of the molecule is Cc1cccc2c1-c1ccccc1C21c2ccccc2-c2c1ccc1ccccc21. The van der Waals surface area contributed by atoms with E-state index in [-0.39, 0.29) is 5.41 Å². The monoisotopic (exact) mass is 380 g/mol. The van der Waals surface area contributed by atoms with E-state index in [0.29, 0.717) is 0 Å². The molecule has 1 unspecified atom stereocenters. The first-order valence-corrected chi connectivity index (χ1v) is 10.6. The summed E-state index contributed by atoms with van der Waals surface area (Å²) in [5.41, 5.74) is 12.3. The Kier molecular flexibility index (Phi) is 2.96. The van der Waals surface area contributed by atoms with Gasteiger partial charge in [0, 0.05) is 0 Å². The third kappa shape index (κ3) is 1.70. The lowest BCUT2D eigenvalue weighted by atomic mass is 9.70. The van der Waals surface area contributed by atoms with Crippen molar-refractivity contribution >= 4 is 10.8 Å². The van der Waals surface area contributed by atoms with Crippen molar-refractivity contribution < 1.29 is 0 Å². The number of hydrogen-bond acceptors (Lipinski definition) is 0. The number of aryl methyl sites for hydroxylation is 1. The van der Waals surface area contributed by atoms with Crippen LogP contribution in [-0.4, -0.2) is 0 Å². The van der Waals surface area contributed by atoms with Gasteiger partial charge in [-0.2, -0.15) is 0 Å². The highest BCUT2D eigenvalue weighted by Gasteiger charge is 2.52. The number of rotatable bonds is 0. The first-order valence-electron chi connectivity index (χ1n) is 10.6. The summed E-state index contributed by atoms with van der Waals surface area (Å²) < 4.78 is 0. The Balaban J connectivity index is 1.76. The van der Waals surface area contributed by atoms with E-state index < -0.39 is 0 Å². The van der Waals surface area contributed by atoms with Crippen molar-refractivity contribution in [3.63, 3.8) is 0 Å². The minimum atomic E-state index is -0.242. The Morgan fingerprint density at radius 2 is 1.07 bits per heavy atom. The Labute approximate surface area is 176 Å². The van der Waals surface area contributed by atoms with E-state index in [2.05, 4.69) is 110 Å². The molecule has 0 bridgehead atoms. The number of hydrogen-bond donors (Lipinski definition) is 0. The van der Waals surface area contributed by atoms with Crippen LogP contribution in [0.4, 0.5) is 0 Å². The van der Waals surface area contributed by atoms with Gasteiger partial charge < -0.3 is 0 Å². The molecule has 0 heteroatoms. The minimum absolute atomic E-state index is 0.242. The summed E-state index contributed by atoms with van der Waals surface area (Å²) in [4.78, 5) is 0. The van der Waals surface area contributed by atoms with Gasteiger partial charge in [-0.25, -0.2) is 0 Å². The summed E-state index contributed by atoms with van der Waals surface area (Å²) in [5, 5.41) is 2.65. The van der Waals surface area contributed by atoms with E-state index >= 15 is 0 Å². The number of benzene rings is 5. The molecule has 1 spiro atoms. The predicted octanol–water partition coefficient (Wildman–Crippen LogP) is 7.49. The molecular weight excluding hydrogens is 360 g/mol. The van der Waals surface area contributed by atoms with Crippen molar-refractivity contribution in [1.82, 2.24) is 0 Å². The van der Waals surface area contributed by atoms with Crippen LogP contribution in [0, 0.1) is 6.92 Å². The second-order valence-electron chi connectivity index (χ2n) is 8.55. The summed E-state index contributed by atoms with van der Waals surface area (Å²) in [6, 6.07) is 38.4. The molecule has 0 saturated heterocycles. The zero-order valence-corrected chi connectivity index (χ0v) is 16.8. The molecular formula is C30H20. The fourth-order valence-corrected chi connectivity index (χ4v) is 6.14. The quantitative estimate of drug-likeness (QED) is 0.256. The van der Waals surface area contributed by atoms with Crippen LogP contribution >= 0.6 is 0 Å². The molecule has 0 amide bonds. The largest absolute Gasteiger partial charge is 0.0725 e. The second kappa shape index (κ2) is 5.49. The fourth-order valence-electron chi connectivity index (χ4n) is 6.14. The highest BCUT2D eigenvalue weighted by Crippen LogP contribution is 2.63. The van der Waals surface area contributed by atoms with Crippen molar-refractivity contribution in [3.05, 3.63) is 131 Å². The third-order valence-electron chi connectivity index (χ3n) is 7.21. The van der Waals surface area contributed by atoms with E-state index in [0.717, 1.165) is 0 Å². The molecule has 0 aromatic heterocycles. The Morgan fingerprint density at radius 1 is 0.467 bits per heavy atom. The van der Waals surface area contributed by atoms with Crippen molar-refractivity contribution in [3.8, 4) is 22.3 Å². The van der Waals surface area contributed by atoms with Gasteiger partial charge in [0.1, 0.15) is 0 Å². The average Bonchev–Trinajstić information content (AvgIpc) is 3.27. The van der Waals surface area contributed by atoms with Gasteiger partial charge in [-0.15, -0.1) is 0 Å². The highest BCUT2D eigenvalue weighted by atomic mass is 14.5. The molecule has 7 rings (SSSR count). The van der Waals surface area contributed by atoms with Crippen LogP contribution < -0.4 is 0 Å². The first kappa shape index (κ1) is 16.2. The summed E-state index contributed by atoms with van der Waals surface area (Å²) >= 11 is 0. The zero-order valence-electron chi connectivity index (χ0n) is 16.8. The van der Waals surface area contributed by atoms with Gasteiger partial charge in [-0.1, -0.05) is 103 Å². The molecule has 140 valence electrons. The van der Waals surface area contributed by atoms with E-state index in [1.54, 1.807) is 0 Å². The molecule has 0 aliphatic heterocycles. The number of fused-ring (bicyclic) bond motifs is 12. The first-order chi connectivity index (χ1) is 14.8. The standard InChI is InChI=1S/C30H20/c1-19-9-8-16-26-28(19)22-12-4-6-14-24(22)30(26)25-15-7-5-13-23(25)29-21-11-3-2-10-20(21)17-18-27(29)30/h2-18H,1H3. The molecule has 0 heterocycles. The normalized spacial score (nSPS) is 17.6. The molecule has 2 aliphatic carbocycles. The molecule has 0 N–H and O–H groups in total. The lowest BCUT2D eigenvalue weighted by molar-refractivity contribution is 0.794. The van der Waals surface area contributed by atoms with Crippen LogP contribution in [0.1, 0.15) is 27.8 Å². The predicted molar refractivity (Wildman–Crippen MR) is 125 cm³/mol. The van der Waals surface area contributed by atoms with Crippen molar-refractivity contribution in [2.45, 2.75) is 12.3 Å². The lowest BCUT2D eigenvalue weighted by Gasteiger charge is -2.30. The van der Waals surface area contributed by atoms with Gasteiger partial charge in [0.05, 0.1) is 5.41 Å². The maximum atomic E-state index is 2.38. The van der Waals surface area contributed by atoms with E-state index in [9.17, 15) is 0 Å². The van der Waals surface area contributed by atoms with Gasteiger partial charge in [0.25, 0.3) is 0 Å². The van der Waals surface area contributed by atoms with Crippen molar-refractivity contribution in [1.29, 1.82) is 0 Å². The minimum Gasteiger partial charge on any atom is -0.0619 e. The van der Waals surface area contributed by atoms with Gasteiger partial charge >= 0.3 is 0 Å². The van der Waals surface area contributed by atoms with Gasteiger partial charge in [-0.3, -0.25) is 0 Å². The van der Waals surface area contributed by atoms with Gasteiger partial charge in [0.15, 0.2) is 0 Å². The molecule has 0 nitrogen and oxygen atoms in total. The molecule has 1 atom stereocenters. The molecule has 0 saturated carbocycles. The third-order valence-corrected chi connectivity index (χ3v) is 7.21. The molecule has 5 aromatic carbocycles. The molecule has 5 aromatic rings. The van der Waals surface area contributed by atoms with Crippen LogP contribution in [0.15, 0.2) is 103 Å². The van der Waals surface area contributed by atoms with E-state index in [1.807, 2.05) is 0 Å². The van der Waals surface area contributed by atoms with Crippen LogP contribution in [0.3, 0.4) is 0 Å². The van der Waals surface area contributed by atoms with Crippen LogP contribution in [0.25, 0.3) is 33.0 Å². The van der Waals surface area contributed by atoms with Crippen LogP contribution in [0.2, 0.25) is 0 Å². The lowest BCUT2D eigenvalue weighted by Crippen LogP contribution is -2.25. The maximum Gasteiger partial charge on any atom is 0.0725 e. The molecule has 0 fully saturated rings. The van der Waals surface area contributed by atoms with Gasteiger partial charge in [0.2, 0.25) is 0 Å². The van der Waals surface area contributed by atoms with Crippen molar-refractivity contribution in [2.75, 3.05) is 0 Å². The van der Waals surface area contributed by atoms with E-state index in [1.165, 1.54) is 60.8 Å².